The third kappa shape index (κ3) is 12.2. The maximum absolute atomic E-state index is 12.8. The molecule has 14 heteroatoms. The summed E-state index contributed by atoms with van der Waals surface area (Å²) in [6.07, 6.45) is 1.68. The Hall–Kier alpha value is -3.72. The lowest BCUT2D eigenvalue weighted by Gasteiger charge is -2.35. The quantitative estimate of drug-likeness (QED) is 0.0857. The van der Waals surface area contributed by atoms with Crippen LogP contribution in [0, 0.1) is 0 Å². The van der Waals surface area contributed by atoms with Crippen LogP contribution in [0.3, 0.4) is 0 Å². The fraction of sp³-hybridized carbons (Fsp3) is 0.469. The van der Waals surface area contributed by atoms with Gasteiger partial charge in [0.2, 0.25) is 0 Å². The highest BCUT2D eigenvalue weighted by Gasteiger charge is 2.23. The van der Waals surface area contributed by atoms with Crippen molar-refractivity contribution < 1.29 is 39.2 Å². The highest BCUT2D eigenvalue weighted by molar-refractivity contribution is 6.31. The summed E-state index contributed by atoms with van der Waals surface area (Å²) in [6.45, 7) is 2.14. The molecule has 3 aromatic rings. The summed E-state index contributed by atoms with van der Waals surface area (Å²) < 4.78 is 11.7. The molecule has 0 fully saturated rings. The first kappa shape index (κ1) is 36.7. The van der Waals surface area contributed by atoms with Gasteiger partial charge in [-0.1, -0.05) is 35.9 Å². The number of benzene rings is 2. The third-order valence-corrected chi connectivity index (χ3v) is 7.82. The molecule has 0 saturated heterocycles. The van der Waals surface area contributed by atoms with Crippen LogP contribution >= 0.6 is 11.6 Å². The molecule has 0 aliphatic rings. The van der Waals surface area contributed by atoms with Crippen molar-refractivity contribution in [1.82, 2.24) is 15.3 Å². The predicted octanol–water partition coefficient (Wildman–Crippen LogP) is 1.20. The molecule has 2 unspecified atom stereocenters. The zero-order valence-electron chi connectivity index (χ0n) is 26.1. The van der Waals surface area contributed by atoms with Gasteiger partial charge in [-0.05, 0) is 48.2 Å². The molecule has 9 N–H and O–H groups in total. The zero-order valence-corrected chi connectivity index (χ0v) is 26.9. The summed E-state index contributed by atoms with van der Waals surface area (Å²) in [4.78, 5) is 20.7. The number of anilines is 2. The topological polar surface area (TPSA) is 206 Å². The number of rotatable bonds is 20. The number of aryl methyl sites for hydroxylation is 2. The summed E-state index contributed by atoms with van der Waals surface area (Å²) in [5.41, 5.74) is 13.7. The minimum absolute atomic E-state index is 0.0272. The Balaban J connectivity index is 1.57. The lowest BCUT2D eigenvalue weighted by atomic mass is 10.1. The number of hydrogen-bond acceptors (Lipinski definition) is 11. The summed E-state index contributed by atoms with van der Waals surface area (Å²) in [5, 5.41) is 39.7. The number of carbonyl (C=O) groups is 1. The van der Waals surface area contributed by atoms with Crippen molar-refractivity contribution in [2.75, 3.05) is 71.1 Å². The van der Waals surface area contributed by atoms with Crippen LogP contribution in [0.4, 0.5) is 11.6 Å². The number of carbonyl (C=O) groups excluding carboxylic acids is 1. The van der Waals surface area contributed by atoms with Crippen LogP contribution in [0.2, 0.25) is 5.15 Å². The number of aliphatic hydroxyl groups is 4. The second-order valence-electron chi connectivity index (χ2n) is 11.5. The summed E-state index contributed by atoms with van der Waals surface area (Å²) in [7, 11) is 2.17. The average Bonchev–Trinajstić information content (AvgIpc) is 3.05. The van der Waals surface area contributed by atoms with E-state index in [1.165, 1.54) is 0 Å². The predicted molar refractivity (Wildman–Crippen MR) is 176 cm³/mol. The standard InChI is InChI=1S/C32H45ClN6O7/c1-39(17-14-36-32(44)28-30(34)38-31(35)29(33)37-28,15-2-4-22-6-10-26(11-7-22)45-20-24(42)18-40)16-3-5-23-8-12-27(13-9-23)46-21-25(43)19-41/h6-13,24-25,40-43H,2-5,14-21H2,1H3,(H4-,34,35,36,38,44)/p+1. The summed E-state index contributed by atoms with van der Waals surface area (Å²) in [6, 6.07) is 15.4. The van der Waals surface area contributed by atoms with Crippen molar-refractivity contribution in [2.45, 2.75) is 37.9 Å². The van der Waals surface area contributed by atoms with Crippen molar-refractivity contribution in [3.8, 4) is 11.5 Å². The average molecular weight is 662 g/mol. The van der Waals surface area contributed by atoms with Crippen molar-refractivity contribution in [1.29, 1.82) is 0 Å². The van der Waals surface area contributed by atoms with E-state index in [0.29, 0.717) is 29.1 Å². The number of nitrogen functional groups attached to an aromatic ring is 2. The van der Waals surface area contributed by atoms with Gasteiger partial charge in [0.15, 0.2) is 22.5 Å². The number of quaternary nitrogens is 1. The fourth-order valence-electron chi connectivity index (χ4n) is 4.79. The Morgan fingerprint density at radius 2 is 1.30 bits per heavy atom. The minimum atomic E-state index is -0.916. The lowest BCUT2D eigenvalue weighted by Crippen LogP contribution is -2.50. The van der Waals surface area contributed by atoms with Gasteiger partial charge in [0, 0.05) is 12.8 Å². The molecule has 1 amide bonds. The van der Waals surface area contributed by atoms with Crippen LogP contribution in [0.5, 0.6) is 11.5 Å². The molecule has 46 heavy (non-hydrogen) atoms. The number of ether oxygens (including phenoxy) is 2. The van der Waals surface area contributed by atoms with Crippen LogP contribution in [0.25, 0.3) is 0 Å². The molecule has 0 bridgehead atoms. The molecule has 2 aromatic carbocycles. The van der Waals surface area contributed by atoms with Gasteiger partial charge in [0.05, 0.1) is 46.4 Å². The summed E-state index contributed by atoms with van der Waals surface area (Å²) >= 11 is 5.95. The maximum Gasteiger partial charge on any atom is 0.273 e. The van der Waals surface area contributed by atoms with Gasteiger partial charge in [-0.3, -0.25) is 4.79 Å². The molecule has 13 nitrogen and oxygen atoms in total. The number of likely N-dealkylation sites (N-methyl/N-ethyl adjacent to an activating group) is 1. The first-order valence-corrected chi connectivity index (χ1v) is 15.6. The number of aromatic nitrogens is 2. The number of halogens is 1. The monoisotopic (exact) mass is 661 g/mol. The van der Waals surface area contributed by atoms with Gasteiger partial charge in [-0.15, -0.1) is 0 Å². The number of nitrogens with one attached hydrogen (secondary N) is 1. The number of hydrogen-bond donors (Lipinski definition) is 7. The third-order valence-electron chi connectivity index (χ3n) is 7.54. The van der Waals surface area contributed by atoms with E-state index >= 15 is 0 Å². The Morgan fingerprint density at radius 1 is 0.826 bits per heavy atom. The summed E-state index contributed by atoms with van der Waals surface area (Å²) in [5.74, 6) is 0.662. The SMILES string of the molecule is C[N+](CCCc1ccc(OCC(O)CO)cc1)(CCCc1ccc(OCC(O)CO)cc1)CCNC(=O)c1nc(Cl)c(N)nc1N. The normalized spacial score (nSPS) is 13.9. The van der Waals surface area contributed by atoms with Crippen molar-refractivity contribution >= 4 is 29.1 Å². The molecular weight excluding hydrogens is 616 g/mol. The van der Waals surface area contributed by atoms with Crippen molar-refractivity contribution in [3.63, 3.8) is 0 Å². The Labute approximate surface area is 274 Å². The first-order chi connectivity index (χ1) is 22.0. The largest absolute Gasteiger partial charge is 0.491 e. The molecule has 252 valence electrons. The fourth-order valence-corrected chi connectivity index (χ4v) is 4.92. The molecule has 0 radical (unpaired) electrons. The second-order valence-corrected chi connectivity index (χ2v) is 11.8. The van der Waals surface area contributed by atoms with Gasteiger partial charge < -0.3 is 51.2 Å². The number of amides is 1. The number of nitrogens with zero attached hydrogens (tertiary/aromatic N) is 3. The molecular formula is C32H46ClN6O7+. The highest BCUT2D eigenvalue weighted by Crippen LogP contribution is 2.19. The van der Waals surface area contributed by atoms with Crippen molar-refractivity contribution in [3.05, 3.63) is 70.5 Å². The van der Waals surface area contributed by atoms with Crippen LogP contribution < -0.4 is 26.3 Å². The van der Waals surface area contributed by atoms with Crippen LogP contribution in [-0.2, 0) is 12.8 Å². The van der Waals surface area contributed by atoms with Crippen LogP contribution in [-0.4, -0.2) is 113 Å². The Kier molecular flexibility index (Phi) is 14.7. The van der Waals surface area contributed by atoms with Gasteiger partial charge in [0.1, 0.15) is 36.9 Å². The van der Waals surface area contributed by atoms with E-state index in [1.807, 2.05) is 48.5 Å². The lowest BCUT2D eigenvalue weighted by molar-refractivity contribution is -0.908. The van der Waals surface area contributed by atoms with E-state index in [4.69, 9.17) is 42.8 Å². The molecule has 1 heterocycles. The van der Waals surface area contributed by atoms with Gasteiger partial charge in [0.25, 0.3) is 5.91 Å². The van der Waals surface area contributed by atoms with E-state index in [2.05, 4.69) is 22.3 Å². The number of nitrogens with two attached hydrogens (primary N) is 2. The minimum Gasteiger partial charge on any atom is -0.491 e. The van der Waals surface area contributed by atoms with E-state index in [0.717, 1.165) is 49.9 Å². The van der Waals surface area contributed by atoms with E-state index in [1.54, 1.807) is 0 Å². The first-order valence-electron chi connectivity index (χ1n) is 15.2. The molecule has 3 rings (SSSR count). The van der Waals surface area contributed by atoms with Gasteiger partial charge >= 0.3 is 0 Å². The van der Waals surface area contributed by atoms with Crippen LogP contribution in [0.1, 0.15) is 34.5 Å². The van der Waals surface area contributed by atoms with E-state index in [9.17, 15) is 15.0 Å². The molecule has 2 atom stereocenters. The molecule has 0 aliphatic heterocycles. The van der Waals surface area contributed by atoms with E-state index in [-0.39, 0.29) is 48.9 Å². The zero-order chi connectivity index (χ0) is 33.5. The smallest absolute Gasteiger partial charge is 0.273 e. The van der Waals surface area contributed by atoms with Crippen LogP contribution in [0.15, 0.2) is 48.5 Å². The Morgan fingerprint density at radius 3 is 1.76 bits per heavy atom. The molecule has 0 aliphatic carbocycles. The molecule has 0 spiro atoms. The second kappa shape index (κ2) is 18.4. The molecule has 0 saturated carbocycles. The van der Waals surface area contributed by atoms with E-state index < -0.39 is 18.1 Å². The highest BCUT2D eigenvalue weighted by atomic mass is 35.5. The van der Waals surface area contributed by atoms with Crippen molar-refractivity contribution in [2.24, 2.45) is 0 Å². The van der Waals surface area contributed by atoms with Gasteiger partial charge in [-0.2, -0.15) is 0 Å². The Bertz CT molecular complexity index is 1300. The number of aliphatic hydroxyl groups excluding tert-OH is 4. The van der Waals surface area contributed by atoms with Gasteiger partial charge in [-0.25, -0.2) is 9.97 Å². The molecule has 1 aromatic heterocycles. The maximum atomic E-state index is 12.8.